The van der Waals surface area contributed by atoms with E-state index >= 15 is 0 Å². The van der Waals surface area contributed by atoms with E-state index in [0.29, 0.717) is 11.6 Å². The molecule has 0 spiro atoms. The number of nitrogens with zero attached hydrogens (tertiary/aromatic N) is 4. The van der Waals surface area contributed by atoms with E-state index in [1.807, 2.05) is 30.3 Å². The second kappa shape index (κ2) is 5.63. The maximum absolute atomic E-state index is 11.0. The summed E-state index contributed by atoms with van der Waals surface area (Å²) in [4.78, 5) is 11.0. The largest absolute Gasteiger partial charge is 0.369 e. The quantitative estimate of drug-likeness (QED) is 0.861. The van der Waals surface area contributed by atoms with Crippen LogP contribution in [0.25, 0.3) is 5.69 Å². The van der Waals surface area contributed by atoms with Crippen molar-refractivity contribution < 1.29 is 4.79 Å². The van der Waals surface area contributed by atoms with Gasteiger partial charge in [-0.2, -0.15) is 4.68 Å². The van der Waals surface area contributed by atoms with Crippen LogP contribution in [0.3, 0.4) is 0 Å². The Hall–Kier alpha value is -1.89. The number of aromatic nitrogens is 4. The summed E-state index contributed by atoms with van der Waals surface area (Å²) in [5.74, 6) is 0.893. The molecule has 1 heterocycles. The maximum atomic E-state index is 11.0. The first-order valence-corrected chi connectivity index (χ1v) is 6.47. The molecule has 2 rings (SSSR count). The number of nitrogens with two attached hydrogens (primary N) is 1. The highest BCUT2D eigenvalue weighted by atomic mass is 32.2. The molecule has 2 N–H and O–H groups in total. The lowest BCUT2D eigenvalue weighted by Gasteiger charge is -2.07. The number of amides is 1. The smallest absolute Gasteiger partial charge is 0.230 e. The lowest BCUT2D eigenvalue weighted by molar-refractivity contribution is -0.117. The van der Waals surface area contributed by atoms with Gasteiger partial charge in [-0.15, -0.1) is 16.9 Å². The summed E-state index contributed by atoms with van der Waals surface area (Å²) >= 11 is 1.41. The summed E-state index contributed by atoms with van der Waals surface area (Å²) in [7, 11) is 0. The van der Waals surface area contributed by atoms with Gasteiger partial charge in [0, 0.05) is 0 Å². The third kappa shape index (κ3) is 2.86. The van der Waals surface area contributed by atoms with Gasteiger partial charge in [-0.3, -0.25) is 4.79 Å². The van der Waals surface area contributed by atoms with E-state index in [2.05, 4.69) is 15.5 Å². The molecule has 0 aliphatic heterocycles. The number of thioether (sulfide) groups is 1. The van der Waals surface area contributed by atoms with E-state index in [1.54, 1.807) is 11.6 Å². The molecule has 0 bridgehead atoms. The van der Waals surface area contributed by atoms with Crippen molar-refractivity contribution >= 4 is 17.7 Å². The predicted molar refractivity (Wildman–Crippen MR) is 69.1 cm³/mol. The number of hydrogen-bond acceptors (Lipinski definition) is 5. The molecular weight excluding hydrogens is 250 g/mol. The zero-order chi connectivity index (χ0) is 13.0. The Morgan fingerprint density at radius 2 is 2.17 bits per heavy atom. The molecule has 1 atom stereocenters. The standard InChI is InChI=1S/C11H13N5OS/c1-8(11(12)17)18-7-10-13-14-15-16(10)9-5-3-2-4-6-9/h2-6,8H,7H2,1H3,(H2,12,17)/t8-/m1/s1. The summed E-state index contributed by atoms with van der Waals surface area (Å²) in [6.07, 6.45) is 0. The molecule has 18 heavy (non-hydrogen) atoms. The monoisotopic (exact) mass is 263 g/mol. The van der Waals surface area contributed by atoms with Crippen LogP contribution in [0.4, 0.5) is 0 Å². The van der Waals surface area contributed by atoms with Gasteiger partial charge in [0.1, 0.15) is 0 Å². The normalized spacial score (nSPS) is 12.3. The number of primary amides is 1. The summed E-state index contributed by atoms with van der Waals surface area (Å²) in [5, 5.41) is 11.3. The number of carbonyl (C=O) groups is 1. The molecule has 0 unspecified atom stereocenters. The van der Waals surface area contributed by atoms with Gasteiger partial charge in [-0.25, -0.2) is 0 Å². The Bertz CT molecular complexity index is 527. The first-order chi connectivity index (χ1) is 8.68. The third-order valence-electron chi connectivity index (χ3n) is 2.40. The van der Waals surface area contributed by atoms with Gasteiger partial charge in [0.15, 0.2) is 5.82 Å². The van der Waals surface area contributed by atoms with Crippen molar-refractivity contribution in [3.8, 4) is 5.69 Å². The fraction of sp³-hybridized carbons (Fsp3) is 0.273. The Balaban J connectivity index is 2.12. The van der Waals surface area contributed by atoms with E-state index in [1.165, 1.54) is 11.8 Å². The van der Waals surface area contributed by atoms with Crippen LogP contribution in [0.2, 0.25) is 0 Å². The number of para-hydroxylation sites is 1. The Morgan fingerprint density at radius 3 is 2.83 bits per heavy atom. The van der Waals surface area contributed by atoms with Crippen molar-refractivity contribution in [1.82, 2.24) is 20.2 Å². The number of benzene rings is 1. The molecule has 1 aromatic carbocycles. The molecule has 6 nitrogen and oxygen atoms in total. The highest BCUT2D eigenvalue weighted by Crippen LogP contribution is 2.17. The second-order valence-corrected chi connectivity index (χ2v) is 5.03. The van der Waals surface area contributed by atoms with Crippen molar-refractivity contribution in [3.05, 3.63) is 36.2 Å². The Morgan fingerprint density at radius 1 is 1.44 bits per heavy atom. The van der Waals surface area contributed by atoms with Crippen molar-refractivity contribution in [1.29, 1.82) is 0 Å². The third-order valence-corrected chi connectivity index (χ3v) is 3.56. The van der Waals surface area contributed by atoms with Gasteiger partial charge in [0.25, 0.3) is 0 Å². The van der Waals surface area contributed by atoms with E-state index in [-0.39, 0.29) is 11.2 Å². The molecule has 1 amide bonds. The van der Waals surface area contributed by atoms with Gasteiger partial charge in [0.05, 0.1) is 16.7 Å². The summed E-state index contributed by atoms with van der Waals surface area (Å²) in [5.41, 5.74) is 6.10. The molecule has 0 fully saturated rings. The summed E-state index contributed by atoms with van der Waals surface area (Å²) in [6, 6.07) is 9.60. The van der Waals surface area contributed by atoms with Gasteiger partial charge >= 0.3 is 0 Å². The van der Waals surface area contributed by atoms with Crippen LogP contribution in [0.1, 0.15) is 12.7 Å². The SMILES string of the molecule is C[C@@H](SCc1nnnn1-c1ccccc1)C(N)=O. The molecule has 0 radical (unpaired) electrons. The van der Waals surface area contributed by atoms with Crippen LogP contribution in [0.5, 0.6) is 0 Å². The molecule has 0 saturated heterocycles. The zero-order valence-electron chi connectivity index (χ0n) is 9.85. The minimum absolute atomic E-state index is 0.258. The van der Waals surface area contributed by atoms with E-state index < -0.39 is 0 Å². The molecule has 94 valence electrons. The highest BCUT2D eigenvalue weighted by Gasteiger charge is 2.13. The van der Waals surface area contributed by atoms with Crippen molar-refractivity contribution in [2.45, 2.75) is 17.9 Å². The summed E-state index contributed by atoms with van der Waals surface area (Å²) in [6.45, 7) is 1.77. The Kier molecular flexibility index (Phi) is 3.93. The molecule has 2 aromatic rings. The first-order valence-electron chi connectivity index (χ1n) is 5.42. The fourth-order valence-electron chi connectivity index (χ4n) is 1.35. The molecule has 0 saturated carbocycles. The maximum Gasteiger partial charge on any atom is 0.230 e. The van der Waals surface area contributed by atoms with Crippen molar-refractivity contribution in [2.75, 3.05) is 0 Å². The predicted octanol–water partition coefficient (Wildman–Crippen LogP) is 0.769. The molecule has 1 aromatic heterocycles. The molecule has 0 aliphatic rings. The van der Waals surface area contributed by atoms with Crippen LogP contribution >= 0.6 is 11.8 Å². The second-order valence-electron chi connectivity index (χ2n) is 3.70. The minimum atomic E-state index is -0.335. The van der Waals surface area contributed by atoms with Crippen molar-refractivity contribution in [2.24, 2.45) is 5.73 Å². The number of rotatable bonds is 5. The van der Waals surface area contributed by atoms with Crippen LogP contribution < -0.4 is 5.73 Å². The Labute approximate surface area is 109 Å². The first kappa shape index (κ1) is 12.6. The highest BCUT2D eigenvalue weighted by molar-refractivity contribution is 7.99. The minimum Gasteiger partial charge on any atom is -0.369 e. The van der Waals surface area contributed by atoms with Crippen LogP contribution in [-0.2, 0) is 10.5 Å². The van der Waals surface area contributed by atoms with Gasteiger partial charge < -0.3 is 5.73 Å². The van der Waals surface area contributed by atoms with E-state index in [4.69, 9.17) is 5.73 Å². The topological polar surface area (TPSA) is 86.7 Å². The molecular formula is C11H13N5OS. The molecule has 7 heteroatoms. The van der Waals surface area contributed by atoms with Gasteiger partial charge in [-0.05, 0) is 29.5 Å². The average Bonchev–Trinajstić information content (AvgIpc) is 2.85. The molecule has 0 aliphatic carbocycles. The fourth-order valence-corrected chi connectivity index (χ4v) is 2.09. The van der Waals surface area contributed by atoms with Crippen LogP contribution in [-0.4, -0.2) is 31.4 Å². The van der Waals surface area contributed by atoms with E-state index in [9.17, 15) is 4.79 Å². The summed E-state index contributed by atoms with van der Waals surface area (Å²) < 4.78 is 1.65. The lowest BCUT2D eigenvalue weighted by Crippen LogP contribution is -2.22. The zero-order valence-corrected chi connectivity index (χ0v) is 10.7. The number of tetrazole rings is 1. The van der Waals surface area contributed by atoms with E-state index in [0.717, 1.165) is 5.69 Å². The lowest BCUT2D eigenvalue weighted by atomic mass is 10.3. The van der Waals surface area contributed by atoms with Crippen LogP contribution in [0, 0.1) is 0 Å². The van der Waals surface area contributed by atoms with Gasteiger partial charge in [-0.1, -0.05) is 18.2 Å². The van der Waals surface area contributed by atoms with Crippen LogP contribution in [0.15, 0.2) is 30.3 Å². The number of hydrogen-bond donors (Lipinski definition) is 1. The average molecular weight is 263 g/mol. The number of carbonyl (C=O) groups excluding carboxylic acids is 1. The van der Waals surface area contributed by atoms with Crippen molar-refractivity contribution in [3.63, 3.8) is 0 Å². The van der Waals surface area contributed by atoms with Gasteiger partial charge in [0.2, 0.25) is 5.91 Å².